The third kappa shape index (κ3) is 3.64. The van der Waals surface area contributed by atoms with Crippen LogP contribution in [0.2, 0.25) is 0 Å². The summed E-state index contributed by atoms with van der Waals surface area (Å²) in [7, 11) is 0. The lowest BCUT2D eigenvalue weighted by atomic mass is 10.0. The fourth-order valence-corrected chi connectivity index (χ4v) is 3.77. The lowest BCUT2D eigenvalue weighted by Gasteiger charge is -2.30. The highest BCUT2D eigenvalue weighted by Gasteiger charge is 2.25. The number of aryl methyl sites for hydroxylation is 1. The number of aliphatic hydroxyl groups is 1. The molecule has 0 bridgehead atoms. The molecule has 3 heterocycles. The van der Waals surface area contributed by atoms with Crippen LogP contribution in [0.5, 0.6) is 0 Å². The summed E-state index contributed by atoms with van der Waals surface area (Å²) in [6, 6.07) is 0.490. The van der Waals surface area contributed by atoms with E-state index >= 15 is 0 Å². The van der Waals surface area contributed by atoms with E-state index in [0.29, 0.717) is 6.04 Å². The maximum Gasteiger partial charge on any atom is 0.147 e. The summed E-state index contributed by atoms with van der Waals surface area (Å²) in [4.78, 5) is 2.53. The molecule has 1 aromatic rings. The Morgan fingerprint density at radius 3 is 2.86 bits per heavy atom. The number of aliphatic hydroxyl groups excluding tert-OH is 1. The molecule has 0 radical (unpaired) electrons. The molecule has 0 spiro atoms. The van der Waals surface area contributed by atoms with Gasteiger partial charge >= 0.3 is 0 Å². The van der Waals surface area contributed by atoms with Crippen molar-refractivity contribution in [2.24, 2.45) is 0 Å². The zero-order chi connectivity index (χ0) is 14.7. The van der Waals surface area contributed by atoms with Gasteiger partial charge in [0, 0.05) is 19.0 Å². The zero-order valence-corrected chi connectivity index (χ0v) is 13.2. The molecule has 0 aromatic carbocycles. The maximum atomic E-state index is 9.77. The molecule has 1 saturated heterocycles. The van der Waals surface area contributed by atoms with Gasteiger partial charge in [-0.25, -0.2) is 0 Å². The Bertz CT molecular complexity index is 457. The van der Waals surface area contributed by atoms with Gasteiger partial charge in [0.2, 0.25) is 0 Å². The first kappa shape index (κ1) is 15.0. The third-order valence-electron chi connectivity index (χ3n) is 4.89. The van der Waals surface area contributed by atoms with Crippen LogP contribution in [0.1, 0.15) is 63.5 Å². The number of nitrogens with zero attached hydrogens (tertiary/aromatic N) is 4. The van der Waals surface area contributed by atoms with E-state index in [1.54, 1.807) is 0 Å². The summed E-state index contributed by atoms with van der Waals surface area (Å²) in [6.45, 7) is 5.00. The molecule has 1 N–H and O–H groups in total. The van der Waals surface area contributed by atoms with Crippen molar-refractivity contribution in [1.29, 1.82) is 0 Å². The molecule has 5 heteroatoms. The van der Waals surface area contributed by atoms with Gasteiger partial charge in [-0.05, 0) is 45.6 Å². The van der Waals surface area contributed by atoms with E-state index < -0.39 is 0 Å². The lowest BCUT2D eigenvalue weighted by Crippen LogP contribution is -2.37. The molecular formula is C16H28N4O. The van der Waals surface area contributed by atoms with E-state index in [4.69, 9.17) is 0 Å². The standard InChI is InChI=1S/C16H28N4O/c1-13(21)11-14-7-3-2-5-9-19(14)12-16-18-17-15-8-4-6-10-20(15)16/h13-14,21H,2-12H2,1H3. The largest absolute Gasteiger partial charge is 0.393 e. The van der Waals surface area contributed by atoms with Crippen LogP contribution in [0, 0.1) is 0 Å². The minimum atomic E-state index is -0.220. The fraction of sp³-hybridized carbons (Fsp3) is 0.875. The number of fused-ring (bicyclic) bond motifs is 1. The highest BCUT2D eigenvalue weighted by Crippen LogP contribution is 2.23. The maximum absolute atomic E-state index is 9.77. The van der Waals surface area contributed by atoms with Gasteiger partial charge in [0.05, 0.1) is 12.6 Å². The Morgan fingerprint density at radius 2 is 2.00 bits per heavy atom. The fourth-order valence-electron chi connectivity index (χ4n) is 3.77. The summed E-state index contributed by atoms with van der Waals surface area (Å²) >= 11 is 0. The molecule has 5 nitrogen and oxygen atoms in total. The molecule has 118 valence electrons. The molecule has 21 heavy (non-hydrogen) atoms. The second-order valence-corrected chi connectivity index (χ2v) is 6.70. The van der Waals surface area contributed by atoms with Gasteiger partial charge in [-0.3, -0.25) is 4.90 Å². The second-order valence-electron chi connectivity index (χ2n) is 6.70. The lowest BCUT2D eigenvalue weighted by molar-refractivity contribution is 0.105. The van der Waals surface area contributed by atoms with Gasteiger partial charge in [-0.2, -0.15) is 0 Å². The van der Waals surface area contributed by atoms with Crippen LogP contribution in [0.3, 0.4) is 0 Å². The normalized spacial score (nSPS) is 25.3. The van der Waals surface area contributed by atoms with E-state index in [9.17, 15) is 5.11 Å². The Labute approximate surface area is 127 Å². The minimum Gasteiger partial charge on any atom is -0.393 e. The average molecular weight is 292 g/mol. The first-order valence-electron chi connectivity index (χ1n) is 8.57. The van der Waals surface area contributed by atoms with Crippen LogP contribution in [0.4, 0.5) is 0 Å². The molecular weight excluding hydrogens is 264 g/mol. The van der Waals surface area contributed by atoms with Crippen LogP contribution < -0.4 is 0 Å². The predicted molar refractivity (Wildman–Crippen MR) is 81.9 cm³/mol. The van der Waals surface area contributed by atoms with Crippen molar-refractivity contribution < 1.29 is 5.11 Å². The first-order valence-corrected chi connectivity index (χ1v) is 8.57. The minimum absolute atomic E-state index is 0.220. The van der Waals surface area contributed by atoms with Gasteiger partial charge in [0.1, 0.15) is 11.6 Å². The van der Waals surface area contributed by atoms with Crippen molar-refractivity contribution >= 4 is 0 Å². The summed E-state index contributed by atoms with van der Waals surface area (Å²) in [5, 5.41) is 18.6. The summed E-state index contributed by atoms with van der Waals surface area (Å²) < 4.78 is 2.33. The zero-order valence-electron chi connectivity index (χ0n) is 13.2. The number of rotatable bonds is 4. The summed E-state index contributed by atoms with van der Waals surface area (Å²) in [5.41, 5.74) is 0. The van der Waals surface area contributed by atoms with Crippen LogP contribution in [-0.4, -0.2) is 43.5 Å². The van der Waals surface area contributed by atoms with E-state index in [-0.39, 0.29) is 6.10 Å². The van der Waals surface area contributed by atoms with E-state index in [1.165, 1.54) is 38.5 Å². The van der Waals surface area contributed by atoms with Gasteiger partial charge in [-0.15, -0.1) is 10.2 Å². The van der Waals surface area contributed by atoms with Crippen molar-refractivity contribution in [1.82, 2.24) is 19.7 Å². The molecule has 1 fully saturated rings. The van der Waals surface area contributed by atoms with Crippen molar-refractivity contribution in [3.8, 4) is 0 Å². The van der Waals surface area contributed by atoms with Gasteiger partial charge in [0.25, 0.3) is 0 Å². The summed E-state index contributed by atoms with van der Waals surface area (Å²) in [6.07, 6.45) is 9.27. The summed E-state index contributed by atoms with van der Waals surface area (Å²) in [5.74, 6) is 2.29. The third-order valence-corrected chi connectivity index (χ3v) is 4.89. The van der Waals surface area contributed by atoms with E-state index in [1.807, 2.05) is 6.92 Å². The molecule has 0 aliphatic carbocycles. The molecule has 3 rings (SSSR count). The number of hydrogen-bond donors (Lipinski definition) is 1. The molecule has 0 saturated carbocycles. The van der Waals surface area contributed by atoms with Crippen LogP contribution in [-0.2, 0) is 19.5 Å². The highest BCUT2D eigenvalue weighted by atomic mass is 16.3. The van der Waals surface area contributed by atoms with Gasteiger partial charge in [-0.1, -0.05) is 12.8 Å². The highest BCUT2D eigenvalue weighted by molar-refractivity contribution is 4.99. The first-order chi connectivity index (χ1) is 10.2. The molecule has 2 aliphatic rings. The molecule has 2 aliphatic heterocycles. The van der Waals surface area contributed by atoms with Crippen molar-refractivity contribution in [3.63, 3.8) is 0 Å². The van der Waals surface area contributed by atoms with E-state index in [0.717, 1.165) is 44.1 Å². The Balaban J connectivity index is 1.72. The molecule has 1 aromatic heterocycles. The van der Waals surface area contributed by atoms with Crippen LogP contribution >= 0.6 is 0 Å². The molecule has 2 unspecified atom stereocenters. The average Bonchev–Trinajstić information content (AvgIpc) is 2.75. The molecule has 2 atom stereocenters. The van der Waals surface area contributed by atoms with Crippen LogP contribution in [0.15, 0.2) is 0 Å². The topological polar surface area (TPSA) is 54.2 Å². The van der Waals surface area contributed by atoms with Crippen molar-refractivity contribution in [2.45, 2.75) is 83.5 Å². The SMILES string of the molecule is CC(O)CC1CCCCCN1Cc1nnc2n1CCCC2. The Hall–Kier alpha value is -0.940. The number of aromatic nitrogens is 3. The predicted octanol–water partition coefficient (Wildman–Crippen LogP) is 2.13. The second kappa shape index (κ2) is 6.88. The monoisotopic (exact) mass is 292 g/mol. The Kier molecular flexibility index (Phi) is 4.91. The van der Waals surface area contributed by atoms with E-state index in [2.05, 4.69) is 19.7 Å². The van der Waals surface area contributed by atoms with Crippen LogP contribution in [0.25, 0.3) is 0 Å². The number of hydrogen-bond acceptors (Lipinski definition) is 4. The molecule has 0 amide bonds. The Morgan fingerprint density at radius 1 is 1.14 bits per heavy atom. The number of likely N-dealkylation sites (tertiary alicyclic amines) is 1. The smallest absolute Gasteiger partial charge is 0.147 e. The van der Waals surface area contributed by atoms with Gasteiger partial charge < -0.3 is 9.67 Å². The quantitative estimate of drug-likeness (QED) is 0.923. The van der Waals surface area contributed by atoms with Gasteiger partial charge in [0.15, 0.2) is 0 Å². The van der Waals surface area contributed by atoms with Crippen molar-refractivity contribution in [3.05, 3.63) is 11.6 Å². The van der Waals surface area contributed by atoms with Crippen molar-refractivity contribution in [2.75, 3.05) is 6.54 Å².